The smallest absolute Gasteiger partial charge is 0.0437 e. The Hall–Kier alpha value is -2.39. The molecule has 0 spiro atoms. The first-order valence-electron chi connectivity index (χ1n) is 11.0. The van der Waals surface area contributed by atoms with Gasteiger partial charge < -0.3 is 4.90 Å². The number of rotatable bonds is 5. The van der Waals surface area contributed by atoms with Crippen LogP contribution in [0.4, 0.5) is 0 Å². The maximum absolute atomic E-state index is 2.46. The van der Waals surface area contributed by atoms with Crippen LogP contribution in [0, 0.1) is 0 Å². The van der Waals surface area contributed by atoms with Crippen molar-refractivity contribution in [3.05, 3.63) is 125 Å². The monoisotopic (exact) mass is 471 g/mol. The second kappa shape index (κ2) is 13.2. The number of nitrogens with zero attached hydrogens (tertiary/aromatic N) is 1. The second-order valence-corrected chi connectivity index (χ2v) is 11.5. The predicted molar refractivity (Wildman–Crippen MR) is 141 cm³/mol. The molecule has 1 nitrogen and oxygen atoms in total. The number of hydrogen-bond donors (Lipinski definition) is 0. The zero-order chi connectivity index (χ0) is 22.1. The molecule has 0 heterocycles. The van der Waals surface area contributed by atoms with Crippen molar-refractivity contribution in [2.45, 2.75) is 18.6 Å². The number of hydrogen-bond acceptors (Lipinski definition) is 1. The number of fused-ring (bicyclic) bond motifs is 1. The third kappa shape index (κ3) is 7.34. The standard InChI is InChI=1S/C16H14.C13H19NSi.Ti/c1-3-9-15(10-4-1)13-7-8-14-16-11-5-2-6-12-16;1-14(2)12-9-13(15(3)4)11-8-6-5-7-10(11)12;/h1-14H;5-9,13,15H,1-4H3;. The molecule has 1 aliphatic rings. The molecule has 0 bridgehead atoms. The first kappa shape index (κ1) is 25.9. The molecule has 0 aromatic heterocycles. The van der Waals surface area contributed by atoms with Gasteiger partial charge in [0.1, 0.15) is 0 Å². The van der Waals surface area contributed by atoms with Gasteiger partial charge in [0.15, 0.2) is 0 Å². The summed E-state index contributed by atoms with van der Waals surface area (Å²) in [4.78, 5) is 2.23. The molecule has 0 amide bonds. The Morgan fingerprint density at radius 1 is 0.688 bits per heavy atom. The van der Waals surface area contributed by atoms with Crippen LogP contribution < -0.4 is 0 Å². The van der Waals surface area contributed by atoms with Gasteiger partial charge in [0.2, 0.25) is 0 Å². The Morgan fingerprint density at radius 3 is 1.62 bits per heavy atom. The molecule has 0 aliphatic heterocycles. The van der Waals surface area contributed by atoms with Crippen LogP contribution >= 0.6 is 0 Å². The Bertz CT molecular complexity index is 990. The largest absolute Gasteiger partial charge is 0.377 e. The third-order valence-electron chi connectivity index (χ3n) is 5.42. The van der Waals surface area contributed by atoms with E-state index in [2.05, 4.69) is 111 Å². The van der Waals surface area contributed by atoms with Gasteiger partial charge in [-0.3, -0.25) is 0 Å². The molecule has 3 aromatic rings. The summed E-state index contributed by atoms with van der Waals surface area (Å²) in [6.45, 7) is 4.85. The fraction of sp³-hybridized carbons (Fsp3) is 0.172. The van der Waals surface area contributed by atoms with Crippen LogP contribution in [0.25, 0.3) is 17.8 Å². The molecule has 0 N–H and O–H groups in total. The molecule has 0 saturated heterocycles. The van der Waals surface area contributed by atoms with Gasteiger partial charge in [-0.1, -0.05) is 128 Å². The molecular weight excluding hydrogens is 438 g/mol. The van der Waals surface area contributed by atoms with E-state index in [-0.39, 0.29) is 21.7 Å². The van der Waals surface area contributed by atoms with Gasteiger partial charge in [-0.25, -0.2) is 0 Å². The van der Waals surface area contributed by atoms with Crippen molar-refractivity contribution in [3.63, 3.8) is 0 Å². The predicted octanol–water partition coefficient (Wildman–Crippen LogP) is 7.12. The van der Waals surface area contributed by atoms with Crippen molar-refractivity contribution in [2.75, 3.05) is 14.1 Å². The van der Waals surface area contributed by atoms with Crippen molar-refractivity contribution < 1.29 is 21.7 Å². The summed E-state index contributed by atoms with van der Waals surface area (Å²) < 4.78 is 0. The zero-order valence-electron chi connectivity index (χ0n) is 19.6. The summed E-state index contributed by atoms with van der Waals surface area (Å²) in [6, 6.07) is 29.4. The first-order valence-corrected chi connectivity index (χ1v) is 14.0. The summed E-state index contributed by atoms with van der Waals surface area (Å²) in [6.07, 6.45) is 10.8. The minimum Gasteiger partial charge on any atom is -0.377 e. The molecule has 1 unspecified atom stereocenters. The van der Waals surface area contributed by atoms with Gasteiger partial charge >= 0.3 is 0 Å². The SMILES string of the molecule is C(C=Cc1ccccc1)=Cc1ccccc1.CN(C)C1=CC([SiH](C)C)c2ccccc21.[Ti]. The van der Waals surface area contributed by atoms with Crippen molar-refractivity contribution >= 4 is 26.6 Å². The van der Waals surface area contributed by atoms with Crippen molar-refractivity contribution in [1.29, 1.82) is 0 Å². The summed E-state index contributed by atoms with van der Waals surface area (Å²) in [7, 11) is 3.62. The van der Waals surface area contributed by atoms with Gasteiger partial charge in [0.05, 0.1) is 0 Å². The van der Waals surface area contributed by atoms with Gasteiger partial charge in [-0.15, -0.1) is 0 Å². The molecule has 3 aromatic carbocycles. The molecule has 4 rings (SSSR count). The summed E-state index contributed by atoms with van der Waals surface area (Å²) >= 11 is 0. The minimum absolute atomic E-state index is 0. The van der Waals surface area contributed by atoms with Crippen LogP contribution in [0.1, 0.15) is 27.8 Å². The van der Waals surface area contributed by atoms with E-state index in [1.807, 2.05) is 36.4 Å². The fourth-order valence-corrected chi connectivity index (χ4v) is 5.35. The van der Waals surface area contributed by atoms with Gasteiger partial charge in [0, 0.05) is 55.9 Å². The molecule has 0 fully saturated rings. The third-order valence-corrected chi connectivity index (χ3v) is 7.41. The molecule has 0 radical (unpaired) electrons. The maximum Gasteiger partial charge on any atom is 0.0437 e. The molecule has 162 valence electrons. The van der Waals surface area contributed by atoms with Crippen molar-refractivity contribution in [1.82, 2.24) is 4.90 Å². The quantitative estimate of drug-likeness (QED) is 0.283. The molecule has 1 aliphatic carbocycles. The van der Waals surface area contributed by atoms with Gasteiger partial charge in [0.25, 0.3) is 0 Å². The van der Waals surface area contributed by atoms with Crippen LogP contribution in [0.2, 0.25) is 13.1 Å². The Balaban J connectivity index is 0.000000220. The van der Waals surface area contributed by atoms with E-state index in [9.17, 15) is 0 Å². The zero-order valence-corrected chi connectivity index (χ0v) is 22.3. The average molecular weight is 472 g/mol. The van der Waals surface area contributed by atoms with E-state index in [1.54, 1.807) is 5.56 Å². The number of benzene rings is 3. The topological polar surface area (TPSA) is 3.24 Å². The Kier molecular flexibility index (Phi) is 10.7. The molecule has 3 heteroatoms. The van der Waals surface area contributed by atoms with Crippen molar-refractivity contribution in [3.8, 4) is 0 Å². The van der Waals surface area contributed by atoms with Crippen molar-refractivity contribution in [2.24, 2.45) is 0 Å². The van der Waals surface area contributed by atoms with E-state index in [4.69, 9.17) is 0 Å². The van der Waals surface area contributed by atoms with E-state index < -0.39 is 8.80 Å². The Morgan fingerprint density at radius 2 is 1.16 bits per heavy atom. The van der Waals surface area contributed by atoms with Crippen LogP contribution in [0.3, 0.4) is 0 Å². The summed E-state index contributed by atoms with van der Waals surface area (Å²) in [5.41, 5.74) is 7.55. The molecule has 32 heavy (non-hydrogen) atoms. The van der Waals surface area contributed by atoms with Crippen LogP contribution in [-0.4, -0.2) is 27.8 Å². The minimum atomic E-state index is -0.643. The summed E-state index contributed by atoms with van der Waals surface area (Å²) in [5.74, 6) is 0. The van der Waals surface area contributed by atoms with E-state index >= 15 is 0 Å². The Labute approximate surface area is 210 Å². The van der Waals surface area contributed by atoms with Crippen LogP contribution in [0.15, 0.2) is 103 Å². The van der Waals surface area contributed by atoms with Gasteiger partial charge in [-0.05, 0) is 22.2 Å². The molecule has 1 atom stereocenters. The normalized spacial score (nSPS) is 14.5. The number of allylic oxidation sites excluding steroid dienone is 3. The average Bonchev–Trinajstić information content (AvgIpc) is 3.19. The molecule has 0 saturated carbocycles. The van der Waals surface area contributed by atoms with E-state index in [0.717, 1.165) is 5.54 Å². The van der Waals surface area contributed by atoms with Crippen LogP contribution in [0.5, 0.6) is 0 Å². The van der Waals surface area contributed by atoms with E-state index in [1.165, 1.54) is 22.4 Å². The first-order chi connectivity index (χ1) is 15.1. The maximum atomic E-state index is 2.46. The summed E-state index contributed by atoms with van der Waals surface area (Å²) in [5, 5.41) is 0. The van der Waals surface area contributed by atoms with E-state index in [0.29, 0.717) is 0 Å². The molecular formula is C29H33NSiTi. The van der Waals surface area contributed by atoms with Gasteiger partial charge in [-0.2, -0.15) is 0 Å². The second-order valence-electron chi connectivity index (χ2n) is 8.34. The van der Waals surface area contributed by atoms with Crippen LogP contribution in [-0.2, 0) is 21.7 Å². The fourth-order valence-electron chi connectivity index (χ4n) is 3.77.